The second kappa shape index (κ2) is 7.79. The van der Waals surface area contributed by atoms with Gasteiger partial charge < -0.3 is 15.3 Å². The maximum atomic E-state index is 12.2. The SMILES string of the molecule is Cc1ccc(NC(=O)C(=O)N(C)CC2CCCCC2O)cc1Cl. The van der Waals surface area contributed by atoms with Crippen molar-refractivity contribution < 1.29 is 14.7 Å². The number of rotatable bonds is 3. The molecule has 0 radical (unpaired) electrons. The van der Waals surface area contributed by atoms with E-state index in [4.69, 9.17) is 11.6 Å². The number of anilines is 1. The van der Waals surface area contributed by atoms with E-state index in [0.717, 1.165) is 31.2 Å². The van der Waals surface area contributed by atoms with Gasteiger partial charge in [-0.3, -0.25) is 9.59 Å². The molecule has 2 N–H and O–H groups in total. The van der Waals surface area contributed by atoms with E-state index in [0.29, 0.717) is 17.3 Å². The summed E-state index contributed by atoms with van der Waals surface area (Å²) in [5, 5.41) is 13.1. The third-order valence-electron chi connectivity index (χ3n) is 4.35. The summed E-state index contributed by atoms with van der Waals surface area (Å²) in [4.78, 5) is 25.6. The van der Waals surface area contributed by atoms with Crippen molar-refractivity contribution in [3.63, 3.8) is 0 Å². The van der Waals surface area contributed by atoms with Gasteiger partial charge in [0.05, 0.1) is 6.10 Å². The van der Waals surface area contributed by atoms with Crippen molar-refractivity contribution in [2.45, 2.75) is 38.7 Å². The van der Waals surface area contributed by atoms with E-state index in [1.165, 1.54) is 4.90 Å². The maximum absolute atomic E-state index is 12.2. The first-order valence-electron chi connectivity index (χ1n) is 7.89. The van der Waals surface area contributed by atoms with Crippen molar-refractivity contribution >= 4 is 29.1 Å². The number of halogens is 1. The number of likely N-dealkylation sites (N-methyl/N-ethyl adjacent to an activating group) is 1. The van der Waals surface area contributed by atoms with Crippen LogP contribution in [0.3, 0.4) is 0 Å². The minimum absolute atomic E-state index is 0.0410. The number of aryl methyl sites for hydroxylation is 1. The normalized spacial score (nSPS) is 20.9. The highest BCUT2D eigenvalue weighted by Gasteiger charge is 2.27. The van der Waals surface area contributed by atoms with Gasteiger partial charge in [0.2, 0.25) is 0 Å². The molecule has 1 fully saturated rings. The molecule has 2 atom stereocenters. The molecular weight excluding hydrogens is 316 g/mol. The van der Waals surface area contributed by atoms with E-state index < -0.39 is 17.9 Å². The lowest BCUT2D eigenvalue weighted by Gasteiger charge is -2.30. The van der Waals surface area contributed by atoms with Gasteiger partial charge in [-0.1, -0.05) is 30.5 Å². The van der Waals surface area contributed by atoms with E-state index >= 15 is 0 Å². The standard InChI is InChI=1S/C17H23ClN2O3/c1-11-7-8-13(9-14(11)18)19-16(22)17(23)20(2)10-12-5-3-4-6-15(12)21/h7-9,12,15,21H,3-6,10H2,1-2H3,(H,19,22). The van der Waals surface area contributed by atoms with Crippen LogP contribution in [-0.2, 0) is 9.59 Å². The Bertz CT molecular complexity index is 591. The van der Waals surface area contributed by atoms with Gasteiger partial charge in [0.1, 0.15) is 0 Å². The van der Waals surface area contributed by atoms with Crippen molar-refractivity contribution in [2.75, 3.05) is 18.9 Å². The summed E-state index contributed by atoms with van der Waals surface area (Å²) in [5.74, 6) is -1.27. The number of benzene rings is 1. The van der Waals surface area contributed by atoms with Gasteiger partial charge in [0.15, 0.2) is 0 Å². The summed E-state index contributed by atoms with van der Waals surface area (Å²) in [6.45, 7) is 2.25. The number of carbonyl (C=O) groups excluding carboxylic acids is 2. The van der Waals surface area contributed by atoms with Gasteiger partial charge in [0.25, 0.3) is 0 Å². The molecule has 126 valence electrons. The number of carbonyl (C=O) groups is 2. The number of aliphatic hydroxyl groups excluding tert-OH is 1. The molecule has 1 aliphatic carbocycles. The second-order valence-corrected chi connectivity index (χ2v) is 6.62. The van der Waals surface area contributed by atoms with Crippen LogP contribution in [0.4, 0.5) is 5.69 Å². The molecule has 2 unspecified atom stereocenters. The Balaban J connectivity index is 1.92. The highest BCUT2D eigenvalue weighted by molar-refractivity contribution is 6.39. The highest BCUT2D eigenvalue weighted by Crippen LogP contribution is 2.25. The minimum atomic E-state index is -0.697. The van der Waals surface area contributed by atoms with Crippen molar-refractivity contribution in [3.05, 3.63) is 28.8 Å². The van der Waals surface area contributed by atoms with Crippen molar-refractivity contribution in [1.29, 1.82) is 0 Å². The molecule has 1 saturated carbocycles. The minimum Gasteiger partial charge on any atom is -0.393 e. The Morgan fingerprint density at radius 3 is 2.70 bits per heavy atom. The molecule has 0 aromatic heterocycles. The highest BCUT2D eigenvalue weighted by atomic mass is 35.5. The zero-order valence-corrected chi connectivity index (χ0v) is 14.3. The Morgan fingerprint density at radius 1 is 1.35 bits per heavy atom. The summed E-state index contributed by atoms with van der Waals surface area (Å²) in [6, 6.07) is 5.11. The van der Waals surface area contributed by atoms with Gasteiger partial charge in [-0.05, 0) is 37.5 Å². The number of nitrogens with zero attached hydrogens (tertiary/aromatic N) is 1. The van der Waals surface area contributed by atoms with E-state index in [1.54, 1.807) is 25.2 Å². The molecule has 1 aliphatic rings. The Kier molecular flexibility index (Phi) is 6.02. The lowest BCUT2D eigenvalue weighted by Crippen LogP contribution is -2.42. The number of hydrogen-bond donors (Lipinski definition) is 2. The summed E-state index contributed by atoms with van der Waals surface area (Å²) in [7, 11) is 1.59. The first kappa shape index (κ1) is 17.8. The van der Waals surface area contributed by atoms with E-state index in [-0.39, 0.29) is 5.92 Å². The molecule has 2 rings (SSSR count). The molecular formula is C17H23ClN2O3. The zero-order valence-electron chi connectivity index (χ0n) is 13.5. The summed E-state index contributed by atoms with van der Waals surface area (Å²) < 4.78 is 0. The van der Waals surface area contributed by atoms with Gasteiger partial charge in [-0.25, -0.2) is 0 Å². The van der Waals surface area contributed by atoms with Gasteiger partial charge >= 0.3 is 11.8 Å². The van der Waals surface area contributed by atoms with Gasteiger partial charge in [-0.2, -0.15) is 0 Å². The number of aliphatic hydroxyl groups is 1. The molecule has 5 nitrogen and oxygen atoms in total. The summed E-state index contributed by atoms with van der Waals surface area (Å²) in [5.41, 5.74) is 1.39. The smallest absolute Gasteiger partial charge is 0.313 e. The molecule has 23 heavy (non-hydrogen) atoms. The predicted molar refractivity (Wildman–Crippen MR) is 90.4 cm³/mol. The average molecular weight is 339 g/mol. The van der Waals surface area contributed by atoms with E-state index in [2.05, 4.69) is 5.32 Å². The van der Waals surface area contributed by atoms with Crippen LogP contribution >= 0.6 is 11.6 Å². The number of hydrogen-bond acceptors (Lipinski definition) is 3. The van der Waals surface area contributed by atoms with Crippen molar-refractivity contribution in [1.82, 2.24) is 4.90 Å². The first-order chi connectivity index (χ1) is 10.9. The van der Waals surface area contributed by atoms with E-state index in [9.17, 15) is 14.7 Å². The third-order valence-corrected chi connectivity index (χ3v) is 4.76. The quantitative estimate of drug-likeness (QED) is 0.832. The summed E-state index contributed by atoms with van der Waals surface area (Å²) >= 11 is 6.01. The molecule has 0 aliphatic heterocycles. The monoisotopic (exact) mass is 338 g/mol. The van der Waals surface area contributed by atoms with Crippen LogP contribution in [0, 0.1) is 12.8 Å². The molecule has 0 heterocycles. The summed E-state index contributed by atoms with van der Waals surface area (Å²) in [6.07, 6.45) is 3.33. The average Bonchev–Trinajstić information content (AvgIpc) is 2.52. The number of nitrogens with one attached hydrogen (secondary N) is 1. The lowest BCUT2D eigenvalue weighted by molar-refractivity contribution is -0.143. The zero-order chi connectivity index (χ0) is 17.0. The fraction of sp³-hybridized carbons (Fsp3) is 0.529. The third kappa shape index (κ3) is 4.69. The molecule has 0 spiro atoms. The van der Waals surface area contributed by atoms with Crippen LogP contribution in [0.5, 0.6) is 0 Å². The van der Waals surface area contributed by atoms with Crippen LogP contribution < -0.4 is 5.32 Å². The molecule has 6 heteroatoms. The Morgan fingerprint density at radius 2 is 2.04 bits per heavy atom. The van der Waals surface area contributed by atoms with Crippen LogP contribution in [0.15, 0.2) is 18.2 Å². The van der Waals surface area contributed by atoms with Crippen molar-refractivity contribution in [3.8, 4) is 0 Å². The van der Waals surface area contributed by atoms with Crippen LogP contribution in [-0.4, -0.2) is 41.5 Å². The molecule has 2 amide bonds. The molecule has 0 saturated heterocycles. The molecule has 1 aromatic rings. The lowest BCUT2D eigenvalue weighted by atomic mass is 9.86. The van der Waals surface area contributed by atoms with E-state index in [1.807, 2.05) is 6.92 Å². The van der Waals surface area contributed by atoms with Gasteiger partial charge in [-0.15, -0.1) is 0 Å². The second-order valence-electron chi connectivity index (χ2n) is 6.22. The Labute approximate surface area is 141 Å². The fourth-order valence-corrected chi connectivity index (χ4v) is 3.04. The molecule has 1 aromatic carbocycles. The molecule has 0 bridgehead atoms. The Hall–Kier alpha value is -1.59. The van der Waals surface area contributed by atoms with Crippen LogP contribution in [0.25, 0.3) is 0 Å². The van der Waals surface area contributed by atoms with Crippen LogP contribution in [0.1, 0.15) is 31.2 Å². The van der Waals surface area contributed by atoms with Crippen LogP contribution in [0.2, 0.25) is 5.02 Å². The first-order valence-corrected chi connectivity index (χ1v) is 8.27. The fourth-order valence-electron chi connectivity index (χ4n) is 2.86. The predicted octanol–water partition coefficient (Wildman–Crippen LogP) is 2.60. The topological polar surface area (TPSA) is 69.6 Å². The number of amides is 2. The van der Waals surface area contributed by atoms with Crippen molar-refractivity contribution in [2.24, 2.45) is 5.92 Å². The maximum Gasteiger partial charge on any atom is 0.313 e. The van der Waals surface area contributed by atoms with Gasteiger partial charge in [0, 0.05) is 30.2 Å². The largest absolute Gasteiger partial charge is 0.393 e.